The summed E-state index contributed by atoms with van der Waals surface area (Å²) in [6, 6.07) is 0. The first-order valence-electron chi connectivity index (χ1n) is 42.7. The summed E-state index contributed by atoms with van der Waals surface area (Å²) in [6.45, 7) is 4.54. The van der Waals surface area contributed by atoms with Gasteiger partial charge in [-0.2, -0.15) is 0 Å². The Hall–Kier alpha value is -5.32. The summed E-state index contributed by atoms with van der Waals surface area (Å²) in [5.74, 6) is -2.28. The van der Waals surface area contributed by atoms with Crippen molar-refractivity contribution in [2.24, 2.45) is 0 Å². The molecule has 0 aromatic heterocycles. The minimum atomic E-state index is -5.01. The fourth-order valence-electron chi connectivity index (χ4n) is 11.0. The molecular formula is C91H152O17P2. The zero-order valence-corrected chi connectivity index (χ0v) is 70.7. The average Bonchev–Trinajstić information content (AvgIpc) is 0.906. The largest absolute Gasteiger partial charge is 0.472 e. The number of unbranched alkanes of at least 4 members (excludes halogenated alkanes) is 27. The molecule has 0 aromatic rings. The average molecular weight is 1580 g/mol. The molecule has 110 heavy (non-hydrogen) atoms. The third-order valence-electron chi connectivity index (χ3n) is 17.5. The van der Waals surface area contributed by atoms with E-state index in [9.17, 15) is 43.2 Å². The van der Waals surface area contributed by atoms with Crippen molar-refractivity contribution >= 4 is 39.5 Å². The molecule has 5 atom stereocenters. The number of phosphoric ester groups is 2. The van der Waals surface area contributed by atoms with Gasteiger partial charge in [0.05, 0.1) is 26.4 Å². The van der Waals surface area contributed by atoms with Crippen LogP contribution >= 0.6 is 15.6 Å². The van der Waals surface area contributed by atoms with Gasteiger partial charge in [-0.1, -0.05) is 301 Å². The van der Waals surface area contributed by atoms with Crippen molar-refractivity contribution in [1.82, 2.24) is 0 Å². The van der Waals surface area contributed by atoms with Crippen LogP contribution in [0.1, 0.15) is 336 Å². The van der Waals surface area contributed by atoms with Gasteiger partial charge in [0.15, 0.2) is 12.2 Å². The van der Waals surface area contributed by atoms with Gasteiger partial charge in [-0.15, -0.1) is 0 Å². The molecule has 0 spiro atoms. The molecule has 0 rings (SSSR count). The van der Waals surface area contributed by atoms with Gasteiger partial charge in [0.2, 0.25) is 0 Å². The third kappa shape index (κ3) is 80.7. The van der Waals surface area contributed by atoms with E-state index in [2.05, 4.69) is 174 Å². The Morgan fingerprint density at radius 3 is 0.791 bits per heavy atom. The molecule has 0 amide bonds. The van der Waals surface area contributed by atoms with Crippen LogP contribution < -0.4 is 0 Å². The molecule has 628 valence electrons. The number of rotatable bonds is 79. The first-order chi connectivity index (χ1) is 53.7. The summed E-state index contributed by atoms with van der Waals surface area (Å²) >= 11 is 0. The number of aliphatic hydroxyl groups is 1. The van der Waals surface area contributed by atoms with Crippen molar-refractivity contribution < 1.29 is 80.2 Å². The summed E-state index contributed by atoms with van der Waals surface area (Å²) in [6.07, 6.45) is 96.4. The van der Waals surface area contributed by atoms with Crippen LogP contribution in [0.3, 0.4) is 0 Å². The highest BCUT2D eigenvalue weighted by molar-refractivity contribution is 7.47. The van der Waals surface area contributed by atoms with Crippen LogP contribution in [0.5, 0.6) is 0 Å². The predicted molar refractivity (Wildman–Crippen MR) is 454 cm³/mol. The maximum atomic E-state index is 13.1. The van der Waals surface area contributed by atoms with Crippen molar-refractivity contribution in [2.75, 3.05) is 39.6 Å². The number of carbonyl (C=O) groups is 4. The van der Waals surface area contributed by atoms with Crippen molar-refractivity contribution in [3.05, 3.63) is 158 Å². The van der Waals surface area contributed by atoms with E-state index in [0.29, 0.717) is 32.1 Å². The van der Waals surface area contributed by atoms with Crippen LogP contribution in [-0.2, 0) is 65.4 Å². The molecule has 0 heterocycles. The van der Waals surface area contributed by atoms with E-state index in [0.717, 1.165) is 193 Å². The molecule has 3 N–H and O–H groups in total. The van der Waals surface area contributed by atoms with E-state index in [1.807, 2.05) is 12.2 Å². The molecule has 0 aliphatic rings. The summed E-state index contributed by atoms with van der Waals surface area (Å²) in [5, 5.41) is 10.7. The Morgan fingerprint density at radius 1 is 0.264 bits per heavy atom. The fraction of sp³-hybridized carbons (Fsp3) is 0.670. The minimum Gasteiger partial charge on any atom is -0.462 e. The normalized spacial score (nSPS) is 14.6. The van der Waals surface area contributed by atoms with Crippen molar-refractivity contribution in [3.8, 4) is 0 Å². The van der Waals surface area contributed by atoms with Gasteiger partial charge in [-0.3, -0.25) is 37.3 Å². The summed E-state index contributed by atoms with van der Waals surface area (Å²) in [4.78, 5) is 73.3. The number of carbonyl (C=O) groups excluding carboxylic acids is 4. The van der Waals surface area contributed by atoms with Gasteiger partial charge in [0.25, 0.3) is 0 Å². The second kappa shape index (κ2) is 81.7. The number of phosphoric acid groups is 2. The lowest BCUT2D eigenvalue weighted by molar-refractivity contribution is -0.161. The molecule has 0 fully saturated rings. The maximum absolute atomic E-state index is 13.1. The van der Waals surface area contributed by atoms with Gasteiger partial charge >= 0.3 is 39.5 Å². The molecule has 0 radical (unpaired) electrons. The highest BCUT2D eigenvalue weighted by atomic mass is 31.2. The number of hydrogen-bond acceptors (Lipinski definition) is 15. The first kappa shape index (κ1) is 105. The van der Waals surface area contributed by atoms with Crippen molar-refractivity contribution in [1.29, 1.82) is 0 Å². The van der Waals surface area contributed by atoms with E-state index >= 15 is 0 Å². The van der Waals surface area contributed by atoms with Crippen molar-refractivity contribution in [2.45, 2.75) is 354 Å². The van der Waals surface area contributed by atoms with E-state index in [4.69, 9.17) is 37.0 Å². The summed E-state index contributed by atoms with van der Waals surface area (Å²) in [5.41, 5.74) is 0. The molecule has 0 aromatic carbocycles. The zero-order valence-electron chi connectivity index (χ0n) is 68.9. The lowest BCUT2D eigenvalue weighted by atomic mass is 10.1. The molecule has 0 aliphatic carbocycles. The molecule has 0 bridgehead atoms. The summed E-state index contributed by atoms with van der Waals surface area (Å²) in [7, 11) is -10.0. The Kier molecular flexibility index (Phi) is 77.7. The van der Waals surface area contributed by atoms with Gasteiger partial charge in [0, 0.05) is 25.7 Å². The van der Waals surface area contributed by atoms with Crippen LogP contribution in [-0.4, -0.2) is 96.7 Å². The van der Waals surface area contributed by atoms with Crippen LogP contribution in [0.15, 0.2) is 158 Å². The standard InChI is InChI=1S/C91H152O17P2/c1-5-9-13-17-21-25-29-33-37-40-42-45-48-51-55-59-63-67-71-75-88(93)101-81-86(107-90(95)77-73-69-65-61-57-53-47-36-32-28-24-20-16-12-8-4)83-105-109(97,98)103-79-85(92)80-104-110(99,100)106-84-87(108-91(96)78-74-70-66-62-58-54-50-44-39-35-31-27-23-19-15-11-7-3)82-102-89(94)76-72-68-64-60-56-52-49-46-43-41-38-34-30-26-22-18-14-10-6-2/h9,11,13,15,21-23,25-27,33-39,42-43,45-47,50,54,62,66,85-87,92H,5-8,10,12,14,16-20,24,28-32,40-41,44,48-49,51-53,55-61,63-65,67-84H2,1-4H3,(H,97,98)(H,99,100)/b13-9-,15-11-,25-21-,26-22-,27-23-,37-33-,38-34-,39-35-,45-42-,46-43-,47-36-,54-50-,66-62-. The Bertz CT molecular complexity index is 2700. The lowest BCUT2D eigenvalue weighted by Gasteiger charge is -2.21. The van der Waals surface area contributed by atoms with Crippen LogP contribution in [0.25, 0.3) is 0 Å². The molecule has 17 nitrogen and oxygen atoms in total. The SMILES string of the molecule is CC/C=C\C/C=C\C/C=C\C/C=C\C/C=C\CCCC(=O)OC(COC(=O)CCCCCCCC/C=C\C/C=C\C/C=C\CCCCC)COP(=O)(O)OCC(O)COP(=O)(O)OCC(COC(=O)CCCCCCCC/C=C\C/C=C\C/C=C\C/C=C\CC)OC(=O)CCCCCCC/C=C\CCCCCCCC. The van der Waals surface area contributed by atoms with Crippen LogP contribution in [0, 0.1) is 0 Å². The first-order valence-corrected chi connectivity index (χ1v) is 45.7. The molecule has 0 saturated carbocycles. The molecule has 19 heteroatoms. The molecular weight excluding hydrogens is 1430 g/mol. The Balaban J connectivity index is 5.45. The van der Waals surface area contributed by atoms with Crippen LogP contribution in [0.4, 0.5) is 0 Å². The van der Waals surface area contributed by atoms with Gasteiger partial charge < -0.3 is 33.8 Å². The highest BCUT2D eigenvalue weighted by Gasteiger charge is 2.30. The van der Waals surface area contributed by atoms with E-state index < -0.39 is 97.5 Å². The number of ether oxygens (including phenoxy) is 4. The monoisotopic (exact) mass is 1580 g/mol. The second-order valence-electron chi connectivity index (χ2n) is 28.0. The lowest BCUT2D eigenvalue weighted by Crippen LogP contribution is -2.30. The van der Waals surface area contributed by atoms with Crippen LogP contribution in [0.2, 0.25) is 0 Å². The zero-order chi connectivity index (χ0) is 80.3. The number of allylic oxidation sites excluding steroid dienone is 26. The van der Waals surface area contributed by atoms with E-state index in [-0.39, 0.29) is 25.7 Å². The smallest absolute Gasteiger partial charge is 0.462 e. The maximum Gasteiger partial charge on any atom is 0.472 e. The third-order valence-corrected chi connectivity index (χ3v) is 19.4. The predicted octanol–water partition coefficient (Wildman–Crippen LogP) is 25.6. The summed E-state index contributed by atoms with van der Waals surface area (Å²) < 4.78 is 68.7. The number of aliphatic hydroxyl groups excluding tert-OH is 1. The molecule has 5 unspecified atom stereocenters. The highest BCUT2D eigenvalue weighted by Crippen LogP contribution is 2.45. The van der Waals surface area contributed by atoms with Gasteiger partial charge in [-0.05, 0) is 167 Å². The minimum absolute atomic E-state index is 0.00886. The quantitative estimate of drug-likeness (QED) is 0.0169. The van der Waals surface area contributed by atoms with Gasteiger partial charge in [0.1, 0.15) is 19.3 Å². The van der Waals surface area contributed by atoms with E-state index in [1.54, 1.807) is 0 Å². The molecule has 0 aliphatic heterocycles. The number of esters is 4. The van der Waals surface area contributed by atoms with Crippen molar-refractivity contribution in [3.63, 3.8) is 0 Å². The fourth-order valence-corrected chi connectivity index (χ4v) is 12.6. The molecule has 0 saturated heterocycles. The van der Waals surface area contributed by atoms with Gasteiger partial charge in [-0.25, -0.2) is 9.13 Å². The Labute approximate surface area is 668 Å². The topological polar surface area (TPSA) is 237 Å². The second-order valence-corrected chi connectivity index (χ2v) is 30.9. The Morgan fingerprint density at radius 2 is 0.482 bits per heavy atom. The number of hydrogen-bond donors (Lipinski definition) is 3. The van der Waals surface area contributed by atoms with E-state index in [1.165, 1.54) is 57.8 Å².